The minimum atomic E-state index is -0.130. The predicted octanol–water partition coefficient (Wildman–Crippen LogP) is 2.29. The second-order valence-corrected chi connectivity index (χ2v) is 7.37. The van der Waals surface area contributed by atoms with E-state index >= 15 is 0 Å². The number of fused-ring (bicyclic) bond motifs is 1. The summed E-state index contributed by atoms with van der Waals surface area (Å²) in [4.78, 5) is 22.6. The van der Waals surface area contributed by atoms with Gasteiger partial charge in [-0.3, -0.25) is 4.79 Å². The van der Waals surface area contributed by atoms with E-state index in [1.807, 2.05) is 4.90 Å². The van der Waals surface area contributed by atoms with E-state index in [2.05, 4.69) is 30.7 Å². The monoisotopic (exact) mass is 319 g/mol. The molecule has 0 aromatic carbocycles. The summed E-state index contributed by atoms with van der Waals surface area (Å²) in [6.07, 6.45) is 6.04. The number of methoxy groups -OCH3 is 1. The highest BCUT2D eigenvalue weighted by Gasteiger charge is 2.48. The summed E-state index contributed by atoms with van der Waals surface area (Å²) in [5, 5.41) is 0. The smallest absolute Gasteiger partial charge is 0.316 e. The van der Waals surface area contributed by atoms with Crippen molar-refractivity contribution in [2.24, 2.45) is 5.92 Å². The number of likely N-dealkylation sites (tertiary alicyclic amines) is 1. The fraction of sp³-hybridized carbons (Fsp3) is 0.706. The van der Waals surface area contributed by atoms with Crippen molar-refractivity contribution in [3.63, 3.8) is 0 Å². The first-order valence-corrected chi connectivity index (χ1v) is 8.18. The van der Waals surface area contributed by atoms with Gasteiger partial charge in [-0.05, 0) is 40.0 Å². The minimum absolute atomic E-state index is 0.0143. The van der Waals surface area contributed by atoms with Crippen molar-refractivity contribution < 1.29 is 14.3 Å². The van der Waals surface area contributed by atoms with Crippen LogP contribution in [0, 0.1) is 5.92 Å². The molecule has 23 heavy (non-hydrogen) atoms. The van der Waals surface area contributed by atoms with Gasteiger partial charge in [0.25, 0.3) is 5.91 Å². The highest BCUT2D eigenvalue weighted by Crippen LogP contribution is 2.44. The molecule has 2 atom stereocenters. The van der Waals surface area contributed by atoms with Crippen LogP contribution >= 0.6 is 0 Å². The Bertz CT molecular complexity index is 587. The van der Waals surface area contributed by atoms with Gasteiger partial charge >= 0.3 is 6.01 Å². The standard InChI is InChI=1S/C17H25N3O3/c1-16(2)6-5-13-11-20(8-7-17(13,3)23-16)14(21)12-9-18-15(22-4)19-10-12/h9-10,13H,5-8,11H2,1-4H3/t13-,17+/m0/s1. The molecule has 0 unspecified atom stereocenters. The summed E-state index contributed by atoms with van der Waals surface area (Å²) in [5.41, 5.74) is 0.308. The maximum absolute atomic E-state index is 12.7. The van der Waals surface area contributed by atoms with Crippen LogP contribution in [-0.2, 0) is 4.74 Å². The number of ether oxygens (including phenoxy) is 2. The van der Waals surface area contributed by atoms with Gasteiger partial charge in [0, 0.05) is 31.4 Å². The van der Waals surface area contributed by atoms with E-state index in [9.17, 15) is 4.79 Å². The average Bonchev–Trinajstić information content (AvgIpc) is 2.52. The van der Waals surface area contributed by atoms with Crippen molar-refractivity contribution in [3.05, 3.63) is 18.0 Å². The fourth-order valence-corrected chi connectivity index (χ4v) is 3.75. The van der Waals surface area contributed by atoms with Gasteiger partial charge in [-0.25, -0.2) is 9.97 Å². The maximum Gasteiger partial charge on any atom is 0.316 e. The van der Waals surface area contributed by atoms with Crippen LogP contribution in [0.4, 0.5) is 0 Å². The number of amides is 1. The Labute approximate surface area is 137 Å². The molecule has 126 valence electrons. The van der Waals surface area contributed by atoms with Crippen LogP contribution in [-0.4, -0.2) is 52.2 Å². The summed E-state index contributed by atoms with van der Waals surface area (Å²) in [5.74, 6) is 0.368. The Morgan fingerprint density at radius 3 is 2.65 bits per heavy atom. The van der Waals surface area contributed by atoms with Gasteiger partial charge in [0.2, 0.25) is 0 Å². The lowest BCUT2D eigenvalue weighted by molar-refractivity contribution is -0.210. The predicted molar refractivity (Wildman–Crippen MR) is 85.4 cm³/mol. The van der Waals surface area contributed by atoms with E-state index in [4.69, 9.17) is 9.47 Å². The van der Waals surface area contributed by atoms with Crippen LogP contribution in [0.15, 0.2) is 12.4 Å². The Morgan fingerprint density at radius 1 is 1.30 bits per heavy atom. The van der Waals surface area contributed by atoms with Gasteiger partial charge in [0.1, 0.15) is 0 Å². The molecule has 3 heterocycles. The van der Waals surface area contributed by atoms with Gasteiger partial charge in [-0.2, -0.15) is 0 Å². The van der Waals surface area contributed by atoms with Crippen molar-refractivity contribution in [1.82, 2.24) is 14.9 Å². The molecule has 1 amide bonds. The molecular weight excluding hydrogens is 294 g/mol. The van der Waals surface area contributed by atoms with Gasteiger partial charge in [0.15, 0.2) is 0 Å². The molecule has 3 rings (SSSR count). The number of hydrogen-bond donors (Lipinski definition) is 0. The molecule has 2 aliphatic rings. The molecule has 0 spiro atoms. The van der Waals surface area contributed by atoms with Crippen molar-refractivity contribution in [2.75, 3.05) is 20.2 Å². The van der Waals surface area contributed by atoms with E-state index in [-0.39, 0.29) is 23.1 Å². The second-order valence-electron chi connectivity index (χ2n) is 7.37. The normalized spacial score (nSPS) is 29.7. The third-order valence-electron chi connectivity index (χ3n) is 5.13. The number of piperidine rings is 1. The molecule has 1 aromatic heterocycles. The van der Waals surface area contributed by atoms with Gasteiger partial charge in [0.05, 0.1) is 23.9 Å². The van der Waals surface area contributed by atoms with Crippen LogP contribution in [0.3, 0.4) is 0 Å². The molecule has 0 aliphatic carbocycles. The van der Waals surface area contributed by atoms with Crippen LogP contribution < -0.4 is 4.74 Å². The molecule has 0 N–H and O–H groups in total. The third-order valence-corrected chi connectivity index (χ3v) is 5.13. The van der Waals surface area contributed by atoms with E-state index in [1.54, 1.807) is 0 Å². The molecular formula is C17H25N3O3. The van der Waals surface area contributed by atoms with E-state index in [0.717, 1.165) is 25.8 Å². The van der Waals surface area contributed by atoms with Gasteiger partial charge in [-0.1, -0.05) is 0 Å². The zero-order valence-electron chi connectivity index (χ0n) is 14.3. The fourth-order valence-electron chi connectivity index (χ4n) is 3.75. The van der Waals surface area contributed by atoms with Crippen molar-refractivity contribution in [3.8, 4) is 6.01 Å². The Kier molecular flexibility index (Phi) is 4.04. The largest absolute Gasteiger partial charge is 0.467 e. The lowest BCUT2D eigenvalue weighted by atomic mass is 9.74. The maximum atomic E-state index is 12.7. The first-order valence-electron chi connectivity index (χ1n) is 8.18. The lowest BCUT2D eigenvalue weighted by Gasteiger charge is -2.53. The molecule has 2 saturated heterocycles. The number of rotatable bonds is 2. The van der Waals surface area contributed by atoms with Gasteiger partial charge in [-0.15, -0.1) is 0 Å². The van der Waals surface area contributed by atoms with Crippen LogP contribution in [0.2, 0.25) is 0 Å². The molecule has 0 bridgehead atoms. The Morgan fingerprint density at radius 2 is 2.00 bits per heavy atom. The quantitative estimate of drug-likeness (QED) is 0.837. The first kappa shape index (κ1) is 16.2. The summed E-state index contributed by atoms with van der Waals surface area (Å²) < 4.78 is 11.3. The van der Waals surface area contributed by atoms with E-state index < -0.39 is 0 Å². The van der Waals surface area contributed by atoms with Crippen molar-refractivity contribution in [2.45, 2.75) is 51.2 Å². The molecule has 0 saturated carbocycles. The number of nitrogens with zero attached hydrogens (tertiary/aromatic N) is 3. The summed E-state index contributed by atoms with van der Waals surface area (Å²) in [6.45, 7) is 7.93. The average molecular weight is 319 g/mol. The second kappa shape index (κ2) is 5.74. The van der Waals surface area contributed by atoms with Gasteiger partial charge < -0.3 is 14.4 Å². The number of aromatic nitrogens is 2. The SMILES string of the molecule is COc1ncc(C(=O)N2CC[C@@]3(C)OC(C)(C)CC[C@H]3C2)cn1. The molecule has 2 fully saturated rings. The van der Waals surface area contributed by atoms with E-state index in [0.29, 0.717) is 18.0 Å². The Balaban J connectivity index is 1.70. The Hall–Kier alpha value is -1.69. The zero-order chi connectivity index (χ0) is 16.7. The molecule has 6 nitrogen and oxygen atoms in total. The highest BCUT2D eigenvalue weighted by molar-refractivity contribution is 5.93. The number of hydrogen-bond acceptors (Lipinski definition) is 5. The first-order chi connectivity index (χ1) is 10.8. The summed E-state index contributed by atoms with van der Waals surface area (Å²) >= 11 is 0. The van der Waals surface area contributed by atoms with Crippen molar-refractivity contribution in [1.29, 1.82) is 0 Å². The minimum Gasteiger partial charge on any atom is -0.467 e. The topological polar surface area (TPSA) is 64.5 Å². The van der Waals surface area contributed by atoms with Crippen molar-refractivity contribution >= 4 is 5.91 Å². The van der Waals surface area contributed by atoms with Crippen LogP contribution in [0.5, 0.6) is 6.01 Å². The van der Waals surface area contributed by atoms with Crippen LogP contribution in [0.1, 0.15) is 50.4 Å². The summed E-state index contributed by atoms with van der Waals surface area (Å²) in [7, 11) is 1.51. The van der Waals surface area contributed by atoms with E-state index in [1.165, 1.54) is 19.5 Å². The molecule has 1 aromatic rings. The molecule has 0 radical (unpaired) electrons. The lowest BCUT2D eigenvalue weighted by Crippen LogP contribution is -2.58. The summed E-state index contributed by atoms with van der Waals surface area (Å²) in [6, 6.07) is 0.274. The molecule has 6 heteroatoms. The van der Waals surface area contributed by atoms with Crippen LogP contribution in [0.25, 0.3) is 0 Å². The third kappa shape index (κ3) is 3.17. The highest BCUT2D eigenvalue weighted by atomic mass is 16.5. The molecule has 2 aliphatic heterocycles. The number of carbonyl (C=O) groups is 1. The number of carbonyl (C=O) groups excluding carboxylic acids is 1. The zero-order valence-corrected chi connectivity index (χ0v) is 14.3.